The molecule has 0 N–H and O–H groups in total. The minimum Gasteiger partial charge on any atom is -0.204 e. The maximum Gasteiger partial charge on any atom is 0.159 e. The molecule has 0 bridgehead atoms. The number of rotatable bonds is 0. The Kier molecular flexibility index (Phi) is 2.29. The molecule has 2 aromatic carbocycles. The molecule has 0 saturated carbocycles. The van der Waals surface area contributed by atoms with Crippen LogP contribution in [0, 0.1) is 29.2 Å². The average Bonchev–Trinajstić information content (AvgIpc) is 2.88. The van der Waals surface area contributed by atoms with Gasteiger partial charge >= 0.3 is 0 Å². The van der Waals surface area contributed by atoms with E-state index in [4.69, 9.17) is 0 Å². The zero-order chi connectivity index (χ0) is 14.0. The van der Waals surface area contributed by atoms with Crippen molar-refractivity contribution in [1.29, 1.82) is 0 Å². The van der Waals surface area contributed by atoms with Crippen LogP contribution < -0.4 is 0 Å². The lowest BCUT2D eigenvalue weighted by molar-refractivity contribution is 0.504. The SMILES string of the molecule is Fc1cc2c(cc1F)C1c3cc(F)c(F)cc3CC1C2. The lowest BCUT2D eigenvalue weighted by Crippen LogP contribution is -2.02. The molecule has 0 atom stereocenters. The largest absolute Gasteiger partial charge is 0.204 e. The summed E-state index contributed by atoms with van der Waals surface area (Å²) in [6.45, 7) is 0. The highest BCUT2D eigenvalue weighted by Gasteiger charge is 2.41. The fourth-order valence-electron chi connectivity index (χ4n) is 3.69. The Labute approximate surface area is 113 Å². The lowest BCUT2D eigenvalue weighted by Gasteiger charge is -2.12. The van der Waals surface area contributed by atoms with Gasteiger partial charge in [0.05, 0.1) is 0 Å². The minimum atomic E-state index is -0.888. The van der Waals surface area contributed by atoms with Gasteiger partial charge in [0.25, 0.3) is 0 Å². The highest BCUT2D eigenvalue weighted by Crippen LogP contribution is 2.50. The van der Waals surface area contributed by atoms with Crippen molar-refractivity contribution in [1.82, 2.24) is 0 Å². The van der Waals surface area contributed by atoms with E-state index in [0.29, 0.717) is 24.0 Å². The highest BCUT2D eigenvalue weighted by molar-refractivity contribution is 5.51. The molecular weight excluding hydrogens is 268 g/mol. The van der Waals surface area contributed by atoms with Crippen molar-refractivity contribution in [3.05, 3.63) is 69.8 Å². The van der Waals surface area contributed by atoms with Crippen molar-refractivity contribution in [2.75, 3.05) is 0 Å². The molecule has 0 amide bonds. The van der Waals surface area contributed by atoms with Gasteiger partial charge in [0, 0.05) is 5.92 Å². The van der Waals surface area contributed by atoms with Gasteiger partial charge in [-0.25, -0.2) is 17.6 Å². The van der Waals surface area contributed by atoms with Gasteiger partial charge in [-0.3, -0.25) is 0 Å². The van der Waals surface area contributed by atoms with Crippen LogP contribution in [0.5, 0.6) is 0 Å². The zero-order valence-corrected chi connectivity index (χ0v) is 10.4. The lowest BCUT2D eigenvalue weighted by atomic mass is 9.92. The van der Waals surface area contributed by atoms with Crippen molar-refractivity contribution < 1.29 is 17.6 Å². The maximum atomic E-state index is 13.4. The molecule has 2 aliphatic rings. The third kappa shape index (κ3) is 1.48. The van der Waals surface area contributed by atoms with Crippen LogP contribution in [0.4, 0.5) is 17.6 Å². The summed E-state index contributed by atoms with van der Waals surface area (Å²) < 4.78 is 53.4. The van der Waals surface area contributed by atoms with E-state index in [2.05, 4.69) is 0 Å². The van der Waals surface area contributed by atoms with Gasteiger partial charge in [0.2, 0.25) is 0 Å². The van der Waals surface area contributed by atoms with Gasteiger partial charge in [0.15, 0.2) is 23.3 Å². The van der Waals surface area contributed by atoms with Crippen LogP contribution in [0.2, 0.25) is 0 Å². The molecule has 0 radical (unpaired) electrons. The van der Waals surface area contributed by atoms with E-state index in [-0.39, 0.29) is 11.8 Å². The van der Waals surface area contributed by atoms with Gasteiger partial charge in [-0.05, 0) is 65.3 Å². The topological polar surface area (TPSA) is 0 Å². The minimum absolute atomic E-state index is 0.141. The summed E-state index contributed by atoms with van der Waals surface area (Å²) in [5.41, 5.74) is 2.96. The molecule has 4 rings (SSSR count). The normalized spacial score (nSPS) is 22.6. The Hall–Kier alpha value is -1.84. The molecule has 102 valence electrons. The standard InChI is InChI=1S/C16H10F4/c17-12-3-7-1-9-2-8-4-13(18)15(20)6-11(8)16(9)10(7)5-14(12)19/h3-6,9,16H,1-2H2. The Morgan fingerprint density at radius 2 is 1.05 bits per heavy atom. The molecule has 0 spiro atoms. The Morgan fingerprint density at radius 1 is 0.650 bits per heavy atom. The Morgan fingerprint density at radius 3 is 1.50 bits per heavy atom. The summed E-state index contributed by atoms with van der Waals surface area (Å²) in [6.07, 6.45) is 1.24. The summed E-state index contributed by atoms with van der Waals surface area (Å²) in [5.74, 6) is -3.49. The molecule has 0 fully saturated rings. The first-order valence-corrected chi connectivity index (χ1v) is 6.50. The Balaban J connectivity index is 1.90. The maximum absolute atomic E-state index is 13.4. The first-order chi connectivity index (χ1) is 9.54. The molecule has 0 unspecified atom stereocenters. The summed E-state index contributed by atoms with van der Waals surface area (Å²) in [7, 11) is 0. The van der Waals surface area contributed by atoms with E-state index in [1.54, 1.807) is 0 Å². The third-order valence-corrected chi connectivity index (χ3v) is 4.47. The molecule has 0 aromatic heterocycles. The van der Waals surface area contributed by atoms with Crippen molar-refractivity contribution >= 4 is 0 Å². The van der Waals surface area contributed by atoms with Crippen molar-refractivity contribution in [3.63, 3.8) is 0 Å². The second-order valence-electron chi connectivity index (χ2n) is 5.58. The van der Waals surface area contributed by atoms with Crippen molar-refractivity contribution in [2.24, 2.45) is 5.92 Å². The number of fused-ring (bicyclic) bond motifs is 5. The van der Waals surface area contributed by atoms with Gasteiger partial charge in [-0.1, -0.05) is 0 Å². The van der Waals surface area contributed by atoms with E-state index in [1.807, 2.05) is 0 Å². The monoisotopic (exact) mass is 278 g/mol. The molecule has 0 nitrogen and oxygen atoms in total. The van der Waals surface area contributed by atoms with Crippen molar-refractivity contribution in [3.8, 4) is 0 Å². The zero-order valence-electron chi connectivity index (χ0n) is 10.4. The molecule has 2 aromatic rings. The molecule has 2 aliphatic carbocycles. The van der Waals surface area contributed by atoms with Crippen LogP contribution in [0.15, 0.2) is 24.3 Å². The van der Waals surface area contributed by atoms with E-state index >= 15 is 0 Å². The number of hydrogen-bond acceptors (Lipinski definition) is 0. The van der Waals surface area contributed by atoms with Crippen LogP contribution >= 0.6 is 0 Å². The fourth-order valence-corrected chi connectivity index (χ4v) is 3.69. The van der Waals surface area contributed by atoms with Gasteiger partial charge in [0.1, 0.15) is 0 Å². The van der Waals surface area contributed by atoms with E-state index in [9.17, 15) is 17.6 Å². The van der Waals surface area contributed by atoms with E-state index < -0.39 is 23.3 Å². The molecule has 0 aliphatic heterocycles. The number of benzene rings is 2. The van der Waals surface area contributed by atoms with Gasteiger partial charge < -0.3 is 0 Å². The third-order valence-electron chi connectivity index (χ3n) is 4.47. The predicted octanol–water partition coefficient (Wildman–Crippen LogP) is 4.10. The van der Waals surface area contributed by atoms with Gasteiger partial charge in [-0.15, -0.1) is 0 Å². The molecular formula is C16H10F4. The van der Waals surface area contributed by atoms with Gasteiger partial charge in [-0.2, -0.15) is 0 Å². The molecule has 0 saturated heterocycles. The quantitative estimate of drug-likeness (QED) is 0.636. The first kappa shape index (κ1) is 11.9. The molecule has 0 heterocycles. The van der Waals surface area contributed by atoms with E-state index in [0.717, 1.165) is 11.1 Å². The summed E-state index contributed by atoms with van der Waals surface area (Å²) in [5, 5.41) is 0. The van der Waals surface area contributed by atoms with Crippen LogP contribution in [0.25, 0.3) is 0 Å². The van der Waals surface area contributed by atoms with E-state index in [1.165, 1.54) is 24.3 Å². The Bertz CT molecular complexity index is 674. The molecule has 4 heteroatoms. The fraction of sp³-hybridized carbons (Fsp3) is 0.250. The summed E-state index contributed by atoms with van der Waals surface area (Å²) in [4.78, 5) is 0. The van der Waals surface area contributed by atoms with Crippen LogP contribution in [-0.2, 0) is 12.8 Å². The average molecular weight is 278 g/mol. The summed E-state index contributed by atoms with van der Waals surface area (Å²) in [6, 6.07) is 4.85. The van der Waals surface area contributed by atoms with Crippen LogP contribution in [0.1, 0.15) is 28.2 Å². The smallest absolute Gasteiger partial charge is 0.159 e. The number of hydrogen-bond donors (Lipinski definition) is 0. The number of halogens is 4. The van der Waals surface area contributed by atoms with Crippen LogP contribution in [-0.4, -0.2) is 0 Å². The second kappa shape index (κ2) is 3.84. The van der Waals surface area contributed by atoms with Crippen LogP contribution in [0.3, 0.4) is 0 Å². The van der Waals surface area contributed by atoms with Crippen molar-refractivity contribution in [2.45, 2.75) is 18.8 Å². The first-order valence-electron chi connectivity index (χ1n) is 6.50. The highest BCUT2D eigenvalue weighted by atomic mass is 19.2. The predicted molar refractivity (Wildman–Crippen MR) is 65.5 cm³/mol. The summed E-state index contributed by atoms with van der Waals surface area (Å²) >= 11 is 0. The second-order valence-corrected chi connectivity index (χ2v) is 5.58. The molecule has 20 heavy (non-hydrogen) atoms.